The van der Waals surface area contributed by atoms with Gasteiger partial charge in [-0.25, -0.2) is 4.98 Å². The molecule has 2 aromatic rings. The summed E-state index contributed by atoms with van der Waals surface area (Å²) in [6, 6.07) is 6.81. The summed E-state index contributed by atoms with van der Waals surface area (Å²) in [5, 5.41) is 6.90. The summed E-state index contributed by atoms with van der Waals surface area (Å²) in [5.74, 6) is 0. The van der Waals surface area contributed by atoms with Gasteiger partial charge in [0.1, 0.15) is 0 Å². The summed E-state index contributed by atoms with van der Waals surface area (Å²) in [7, 11) is 0. The molecule has 102 valence electrons. The normalized spacial score (nSPS) is 18.6. The van der Waals surface area contributed by atoms with Crippen molar-refractivity contribution in [2.45, 2.75) is 13.0 Å². The number of hydrogen-bond donors (Lipinski definition) is 3. The first-order chi connectivity index (χ1) is 9.33. The van der Waals surface area contributed by atoms with Crippen molar-refractivity contribution in [1.82, 2.24) is 20.2 Å². The molecule has 1 unspecified atom stereocenters. The lowest BCUT2D eigenvalue weighted by molar-refractivity contribution is 0.191. The van der Waals surface area contributed by atoms with Crippen molar-refractivity contribution in [3.63, 3.8) is 0 Å². The number of H-pyrrole nitrogens is 1. The van der Waals surface area contributed by atoms with E-state index >= 15 is 0 Å². The molecule has 1 aromatic heterocycles. The smallest absolute Gasteiger partial charge is 0.0931 e. The summed E-state index contributed by atoms with van der Waals surface area (Å²) in [6.45, 7) is 7.74. The molecule has 0 spiro atoms. The Morgan fingerprint density at radius 3 is 3.05 bits per heavy atom. The Balaban J connectivity index is 1.58. The van der Waals surface area contributed by atoms with E-state index in [0.717, 1.165) is 49.4 Å². The molecule has 2 heterocycles. The predicted molar refractivity (Wildman–Crippen MR) is 78.5 cm³/mol. The zero-order valence-electron chi connectivity index (χ0n) is 11.3. The van der Waals surface area contributed by atoms with Crippen molar-refractivity contribution in [3.05, 3.63) is 24.5 Å². The molecule has 1 atom stereocenters. The highest BCUT2D eigenvalue weighted by atomic mass is 15.2. The Hall–Kier alpha value is -1.59. The molecular formula is C14H21N5. The van der Waals surface area contributed by atoms with E-state index in [1.54, 1.807) is 6.33 Å². The predicted octanol–water partition coefficient (Wildman–Crippen LogP) is 1.27. The van der Waals surface area contributed by atoms with Gasteiger partial charge < -0.3 is 15.6 Å². The molecule has 3 N–H and O–H groups in total. The molecular weight excluding hydrogens is 238 g/mol. The number of aromatic amines is 1. The van der Waals surface area contributed by atoms with E-state index in [0.29, 0.717) is 6.04 Å². The summed E-state index contributed by atoms with van der Waals surface area (Å²) < 4.78 is 0. The number of fused-ring (bicyclic) bond motifs is 1. The van der Waals surface area contributed by atoms with Crippen LogP contribution in [0.1, 0.15) is 6.92 Å². The lowest BCUT2D eigenvalue weighted by Crippen LogP contribution is -2.49. The molecule has 0 saturated carbocycles. The summed E-state index contributed by atoms with van der Waals surface area (Å²) in [4.78, 5) is 9.90. The van der Waals surface area contributed by atoms with Crippen LogP contribution in [-0.4, -0.2) is 53.6 Å². The number of aromatic nitrogens is 2. The highest BCUT2D eigenvalue weighted by molar-refractivity contribution is 5.78. The first-order valence-electron chi connectivity index (χ1n) is 6.95. The van der Waals surface area contributed by atoms with E-state index in [-0.39, 0.29) is 0 Å². The molecule has 19 heavy (non-hydrogen) atoms. The van der Waals surface area contributed by atoms with Crippen molar-refractivity contribution >= 4 is 16.7 Å². The van der Waals surface area contributed by atoms with E-state index in [9.17, 15) is 0 Å². The largest absolute Gasteiger partial charge is 0.383 e. The third kappa shape index (κ3) is 2.88. The zero-order valence-corrected chi connectivity index (χ0v) is 11.3. The standard InChI is InChI=1S/C14H21N5/c1-11(19-6-4-15-5-7-19)9-16-12-2-3-13-14(8-12)18-10-17-13/h2-3,8,10-11,15-16H,4-7,9H2,1H3,(H,17,18). The van der Waals surface area contributed by atoms with Gasteiger partial charge in [0.15, 0.2) is 0 Å². The maximum atomic E-state index is 4.23. The molecule has 5 nitrogen and oxygen atoms in total. The monoisotopic (exact) mass is 259 g/mol. The quantitative estimate of drug-likeness (QED) is 0.774. The van der Waals surface area contributed by atoms with Gasteiger partial charge in [-0.3, -0.25) is 4.90 Å². The van der Waals surface area contributed by atoms with Crippen LogP contribution in [0.15, 0.2) is 24.5 Å². The van der Waals surface area contributed by atoms with Crippen LogP contribution in [-0.2, 0) is 0 Å². The first-order valence-corrected chi connectivity index (χ1v) is 6.95. The number of piperazine rings is 1. The summed E-state index contributed by atoms with van der Waals surface area (Å²) >= 11 is 0. The molecule has 0 aliphatic carbocycles. The molecule has 3 rings (SSSR count). The van der Waals surface area contributed by atoms with E-state index in [1.807, 2.05) is 6.07 Å². The highest BCUT2D eigenvalue weighted by Crippen LogP contribution is 2.15. The summed E-state index contributed by atoms with van der Waals surface area (Å²) in [5.41, 5.74) is 3.25. The van der Waals surface area contributed by atoms with Crippen LogP contribution in [0.3, 0.4) is 0 Å². The fourth-order valence-corrected chi connectivity index (χ4v) is 2.56. The number of imidazole rings is 1. The van der Waals surface area contributed by atoms with Crippen LogP contribution in [0, 0.1) is 0 Å². The molecule has 0 radical (unpaired) electrons. The van der Waals surface area contributed by atoms with Gasteiger partial charge in [0.25, 0.3) is 0 Å². The van der Waals surface area contributed by atoms with Crippen molar-refractivity contribution in [2.75, 3.05) is 38.0 Å². The van der Waals surface area contributed by atoms with Gasteiger partial charge in [-0.15, -0.1) is 0 Å². The Bertz CT molecular complexity index is 529. The third-order valence-corrected chi connectivity index (χ3v) is 3.80. The number of benzene rings is 1. The molecule has 0 amide bonds. The van der Waals surface area contributed by atoms with Gasteiger partial charge in [0.05, 0.1) is 17.4 Å². The number of anilines is 1. The van der Waals surface area contributed by atoms with Gasteiger partial charge >= 0.3 is 0 Å². The highest BCUT2D eigenvalue weighted by Gasteiger charge is 2.15. The number of rotatable bonds is 4. The lowest BCUT2D eigenvalue weighted by atomic mass is 10.2. The van der Waals surface area contributed by atoms with E-state index in [4.69, 9.17) is 0 Å². The van der Waals surface area contributed by atoms with Crippen LogP contribution >= 0.6 is 0 Å². The summed E-state index contributed by atoms with van der Waals surface area (Å²) in [6.07, 6.45) is 1.73. The van der Waals surface area contributed by atoms with E-state index in [1.165, 1.54) is 0 Å². The molecule has 1 fully saturated rings. The van der Waals surface area contributed by atoms with Crippen LogP contribution in [0.25, 0.3) is 11.0 Å². The Kier molecular flexibility index (Phi) is 3.66. The number of nitrogens with one attached hydrogen (secondary N) is 3. The molecule has 5 heteroatoms. The zero-order chi connectivity index (χ0) is 13.1. The van der Waals surface area contributed by atoms with Crippen molar-refractivity contribution in [2.24, 2.45) is 0 Å². The maximum absolute atomic E-state index is 4.23. The molecule has 1 saturated heterocycles. The van der Waals surface area contributed by atoms with Crippen molar-refractivity contribution in [1.29, 1.82) is 0 Å². The van der Waals surface area contributed by atoms with E-state index < -0.39 is 0 Å². The second-order valence-electron chi connectivity index (χ2n) is 5.15. The second kappa shape index (κ2) is 5.59. The van der Waals surface area contributed by atoms with Gasteiger partial charge in [0, 0.05) is 44.5 Å². The fourth-order valence-electron chi connectivity index (χ4n) is 2.56. The lowest BCUT2D eigenvalue weighted by Gasteiger charge is -2.33. The van der Waals surface area contributed by atoms with Crippen LogP contribution < -0.4 is 10.6 Å². The van der Waals surface area contributed by atoms with E-state index in [2.05, 4.69) is 44.6 Å². The minimum absolute atomic E-state index is 0.555. The minimum atomic E-state index is 0.555. The van der Waals surface area contributed by atoms with Crippen LogP contribution in [0.4, 0.5) is 5.69 Å². The van der Waals surface area contributed by atoms with Crippen molar-refractivity contribution < 1.29 is 0 Å². The van der Waals surface area contributed by atoms with Crippen LogP contribution in [0.2, 0.25) is 0 Å². The van der Waals surface area contributed by atoms with Gasteiger partial charge in [-0.2, -0.15) is 0 Å². The van der Waals surface area contributed by atoms with Gasteiger partial charge in [0.2, 0.25) is 0 Å². The van der Waals surface area contributed by atoms with Gasteiger partial charge in [-0.05, 0) is 25.1 Å². The Morgan fingerprint density at radius 1 is 1.37 bits per heavy atom. The van der Waals surface area contributed by atoms with Crippen LogP contribution in [0.5, 0.6) is 0 Å². The SMILES string of the molecule is CC(CNc1ccc2nc[nH]c2c1)N1CCNCC1. The number of hydrogen-bond acceptors (Lipinski definition) is 4. The molecule has 0 bridgehead atoms. The maximum Gasteiger partial charge on any atom is 0.0931 e. The topological polar surface area (TPSA) is 56.0 Å². The fraction of sp³-hybridized carbons (Fsp3) is 0.500. The Morgan fingerprint density at radius 2 is 2.21 bits per heavy atom. The average molecular weight is 259 g/mol. The molecule has 1 aromatic carbocycles. The second-order valence-corrected chi connectivity index (χ2v) is 5.15. The molecule has 1 aliphatic rings. The Labute approximate surface area is 113 Å². The average Bonchev–Trinajstić information content (AvgIpc) is 2.93. The number of nitrogens with zero attached hydrogens (tertiary/aromatic N) is 2. The minimum Gasteiger partial charge on any atom is -0.383 e. The van der Waals surface area contributed by atoms with Crippen molar-refractivity contribution in [3.8, 4) is 0 Å². The van der Waals surface area contributed by atoms with Gasteiger partial charge in [-0.1, -0.05) is 0 Å². The third-order valence-electron chi connectivity index (χ3n) is 3.80. The first kappa shape index (κ1) is 12.4. The molecule has 1 aliphatic heterocycles.